The van der Waals surface area contributed by atoms with Gasteiger partial charge in [0.25, 0.3) is 5.91 Å². The summed E-state index contributed by atoms with van der Waals surface area (Å²) in [4.78, 5) is 22.2. The standard InChI is InChI=1S/C12H15NO4/c1-7-5-10(16-3)11(17-4)6-9(7)13-12(15)8(2)14/h5-6H,1-4H3,(H,13,15). The molecule has 1 aromatic rings. The number of rotatable bonds is 4. The lowest BCUT2D eigenvalue weighted by atomic mass is 10.1. The molecule has 0 saturated heterocycles. The molecule has 0 atom stereocenters. The molecule has 0 spiro atoms. The smallest absolute Gasteiger partial charge is 0.291 e. The summed E-state index contributed by atoms with van der Waals surface area (Å²) in [6.07, 6.45) is 0. The second kappa shape index (κ2) is 5.34. The van der Waals surface area contributed by atoms with Gasteiger partial charge in [-0.1, -0.05) is 0 Å². The van der Waals surface area contributed by atoms with Gasteiger partial charge in [0.2, 0.25) is 5.78 Å². The number of ether oxygens (including phenoxy) is 2. The van der Waals surface area contributed by atoms with Crippen molar-refractivity contribution < 1.29 is 19.1 Å². The number of carbonyl (C=O) groups is 2. The zero-order valence-corrected chi connectivity index (χ0v) is 10.3. The molecule has 1 N–H and O–H groups in total. The Balaban J connectivity index is 3.08. The second-order valence-corrected chi connectivity index (χ2v) is 3.53. The van der Waals surface area contributed by atoms with Gasteiger partial charge in [-0.3, -0.25) is 9.59 Å². The van der Waals surface area contributed by atoms with Crippen LogP contribution in [0.4, 0.5) is 5.69 Å². The molecule has 0 aliphatic rings. The van der Waals surface area contributed by atoms with Gasteiger partial charge in [0.15, 0.2) is 11.5 Å². The summed E-state index contributed by atoms with van der Waals surface area (Å²) in [6.45, 7) is 3.02. The van der Waals surface area contributed by atoms with E-state index in [2.05, 4.69) is 5.32 Å². The third-order valence-electron chi connectivity index (χ3n) is 2.30. The lowest BCUT2D eigenvalue weighted by molar-refractivity contribution is -0.133. The van der Waals surface area contributed by atoms with E-state index in [1.54, 1.807) is 19.1 Å². The van der Waals surface area contributed by atoms with Gasteiger partial charge in [0, 0.05) is 18.7 Å². The Hall–Kier alpha value is -2.04. The van der Waals surface area contributed by atoms with Crippen molar-refractivity contribution in [2.24, 2.45) is 0 Å². The minimum Gasteiger partial charge on any atom is -0.493 e. The fraction of sp³-hybridized carbons (Fsp3) is 0.333. The van der Waals surface area contributed by atoms with Crippen LogP contribution in [-0.4, -0.2) is 25.9 Å². The maximum atomic E-state index is 11.3. The molecular formula is C12H15NO4. The number of nitrogens with one attached hydrogen (secondary N) is 1. The van der Waals surface area contributed by atoms with Crippen molar-refractivity contribution >= 4 is 17.4 Å². The summed E-state index contributed by atoms with van der Waals surface area (Å²) >= 11 is 0. The summed E-state index contributed by atoms with van der Waals surface area (Å²) in [7, 11) is 3.04. The van der Waals surface area contributed by atoms with Gasteiger partial charge in [0.05, 0.1) is 14.2 Å². The molecular weight excluding hydrogens is 222 g/mol. The van der Waals surface area contributed by atoms with Crippen LogP contribution in [-0.2, 0) is 9.59 Å². The van der Waals surface area contributed by atoms with E-state index in [1.807, 2.05) is 0 Å². The molecule has 1 aromatic carbocycles. The third-order valence-corrected chi connectivity index (χ3v) is 2.30. The van der Waals surface area contributed by atoms with Gasteiger partial charge >= 0.3 is 0 Å². The Labute approximate surface area is 99.7 Å². The highest BCUT2D eigenvalue weighted by Crippen LogP contribution is 2.32. The van der Waals surface area contributed by atoms with Crippen LogP contribution in [0.5, 0.6) is 11.5 Å². The van der Waals surface area contributed by atoms with Crippen molar-refractivity contribution in [2.45, 2.75) is 13.8 Å². The Morgan fingerprint density at radius 3 is 2.12 bits per heavy atom. The van der Waals surface area contributed by atoms with Crippen molar-refractivity contribution in [2.75, 3.05) is 19.5 Å². The lowest BCUT2D eigenvalue weighted by Gasteiger charge is -2.12. The van der Waals surface area contributed by atoms with Gasteiger partial charge in [-0.25, -0.2) is 0 Å². The van der Waals surface area contributed by atoms with Gasteiger partial charge < -0.3 is 14.8 Å². The normalized spacial score (nSPS) is 9.65. The third kappa shape index (κ3) is 2.96. The summed E-state index contributed by atoms with van der Waals surface area (Å²) in [6, 6.07) is 3.35. The molecule has 92 valence electrons. The summed E-state index contributed by atoms with van der Waals surface area (Å²) in [5, 5.41) is 2.51. The zero-order valence-electron chi connectivity index (χ0n) is 10.3. The number of ketones is 1. The SMILES string of the molecule is COc1cc(C)c(NC(=O)C(C)=O)cc1OC. The van der Waals surface area contributed by atoms with E-state index >= 15 is 0 Å². The predicted molar refractivity (Wildman–Crippen MR) is 63.6 cm³/mol. The molecule has 0 heterocycles. The average molecular weight is 237 g/mol. The number of methoxy groups -OCH3 is 2. The fourth-order valence-electron chi connectivity index (χ4n) is 1.33. The first-order chi connectivity index (χ1) is 7.99. The van der Waals surface area contributed by atoms with Crippen LogP contribution in [0.15, 0.2) is 12.1 Å². The van der Waals surface area contributed by atoms with Crippen LogP contribution in [0, 0.1) is 6.92 Å². The Morgan fingerprint density at radius 1 is 1.12 bits per heavy atom. The van der Waals surface area contributed by atoms with Crippen LogP contribution < -0.4 is 14.8 Å². The molecule has 1 amide bonds. The van der Waals surface area contributed by atoms with Crippen LogP contribution in [0.1, 0.15) is 12.5 Å². The number of hydrogen-bond acceptors (Lipinski definition) is 4. The van der Waals surface area contributed by atoms with E-state index in [4.69, 9.17) is 9.47 Å². The molecule has 0 radical (unpaired) electrons. The maximum Gasteiger partial charge on any atom is 0.291 e. The van der Waals surface area contributed by atoms with Crippen molar-refractivity contribution in [3.05, 3.63) is 17.7 Å². The van der Waals surface area contributed by atoms with Gasteiger partial charge in [-0.15, -0.1) is 0 Å². The number of carbonyl (C=O) groups excluding carboxylic acids is 2. The molecule has 0 unspecified atom stereocenters. The van der Waals surface area contributed by atoms with E-state index in [0.29, 0.717) is 17.2 Å². The van der Waals surface area contributed by atoms with Gasteiger partial charge in [0.1, 0.15) is 0 Å². The van der Waals surface area contributed by atoms with E-state index in [0.717, 1.165) is 5.56 Å². The summed E-state index contributed by atoms with van der Waals surface area (Å²) in [5.41, 5.74) is 1.32. The number of amides is 1. The van der Waals surface area contributed by atoms with Crippen molar-refractivity contribution in [3.63, 3.8) is 0 Å². The largest absolute Gasteiger partial charge is 0.493 e. The lowest BCUT2D eigenvalue weighted by Crippen LogP contribution is -2.20. The Morgan fingerprint density at radius 2 is 1.65 bits per heavy atom. The molecule has 0 saturated carbocycles. The van der Waals surface area contributed by atoms with E-state index in [9.17, 15) is 9.59 Å². The quantitative estimate of drug-likeness (QED) is 0.807. The minimum atomic E-state index is -0.652. The summed E-state index contributed by atoms with van der Waals surface area (Å²) < 4.78 is 10.2. The van der Waals surface area contributed by atoms with Crippen molar-refractivity contribution in [1.82, 2.24) is 0 Å². The van der Waals surface area contributed by atoms with Gasteiger partial charge in [-0.05, 0) is 18.6 Å². The molecule has 0 aromatic heterocycles. The number of aryl methyl sites for hydroxylation is 1. The highest BCUT2D eigenvalue weighted by Gasteiger charge is 2.13. The summed E-state index contributed by atoms with van der Waals surface area (Å²) in [5.74, 6) is -0.123. The monoisotopic (exact) mass is 237 g/mol. The maximum absolute atomic E-state index is 11.3. The first-order valence-electron chi connectivity index (χ1n) is 5.04. The first-order valence-corrected chi connectivity index (χ1v) is 5.04. The van der Waals surface area contributed by atoms with Gasteiger partial charge in [-0.2, -0.15) is 0 Å². The van der Waals surface area contributed by atoms with E-state index in [-0.39, 0.29) is 0 Å². The molecule has 5 heteroatoms. The highest BCUT2D eigenvalue weighted by atomic mass is 16.5. The molecule has 1 rings (SSSR count). The van der Waals surface area contributed by atoms with E-state index in [1.165, 1.54) is 21.1 Å². The first kappa shape index (κ1) is 13.0. The Kier molecular flexibility index (Phi) is 4.09. The topological polar surface area (TPSA) is 64.6 Å². The van der Waals surface area contributed by atoms with Crippen LogP contribution in [0.2, 0.25) is 0 Å². The average Bonchev–Trinajstić information content (AvgIpc) is 2.30. The molecule has 0 aliphatic carbocycles. The minimum absolute atomic E-state index is 0.497. The van der Waals surface area contributed by atoms with E-state index < -0.39 is 11.7 Å². The number of anilines is 1. The number of hydrogen-bond donors (Lipinski definition) is 1. The van der Waals surface area contributed by atoms with Crippen LogP contribution in [0.3, 0.4) is 0 Å². The highest BCUT2D eigenvalue weighted by molar-refractivity contribution is 6.39. The number of benzene rings is 1. The second-order valence-electron chi connectivity index (χ2n) is 3.53. The van der Waals surface area contributed by atoms with Crippen LogP contribution in [0.25, 0.3) is 0 Å². The molecule has 5 nitrogen and oxygen atoms in total. The fourth-order valence-corrected chi connectivity index (χ4v) is 1.33. The van der Waals surface area contributed by atoms with Crippen LogP contribution >= 0.6 is 0 Å². The predicted octanol–water partition coefficient (Wildman–Crippen LogP) is 1.54. The molecule has 0 aliphatic heterocycles. The number of Topliss-reactive ketones (excluding diaryl/α,β-unsaturated/α-hetero) is 1. The van der Waals surface area contributed by atoms with Crippen molar-refractivity contribution in [1.29, 1.82) is 0 Å². The molecule has 0 bridgehead atoms. The zero-order chi connectivity index (χ0) is 13.0. The molecule has 0 fully saturated rings. The Bertz CT molecular complexity index is 454. The molecule has 17 heavy (non-hydrogen) atoms. The van der Waals surface area contributed by atoms with Crippen molar-refractivity contribution in [3.8, 4) is 11.5 Å².